The van der Waals surface area contributed by atoms with Gasteiger partial charge in [-0.15, -0.1) is 0 Å². The highest BCUT2D eigenvalue weighted by Crippen LogP contribution is 2.51. The molecule has 1 aliphatic rings. The molecule has 0 aromatic rings. The topological polar surface area (TPSA) is 131 Å². The number of nitrogens with zero attached hydrogens (tertiary/aromatic N) is 1. The average molecular weight is 422 g/mol. The molecule has 1 aliphatic heterocycles. The van der Waals surface area contributed by atoms with E-state index in [2.05, 4.69) is 5.09 Å². The van der Waals surface area contributed by atoms with Crippen molar-refractivity contribution < 1.29 is 38.2 Å². The minimum Gasteiger partial charge on any atom is -0.462 e. The zero-order chi connectivity index (χ0) is 21.7. The summed E-state index contributed by atoms with van der Waals surface area (Å²) in [6, 6.07) is -1.05. The number of rotatable bonds is 8. The summed E-state index contributed by atoms with van der Waals surface area (Å²) in [4.78, 5) is 36.3. The molecule has 0 radical (unpaired) electrons. The Morgan fingerprint density at radius 3 is 2.46 bits per heavy atom. The first kappa shape index (κ1) is 24.6. The molecule has 1 rings (SSSR count). The van der Waals surface area contributed by atoms with E-state index in [4.69, 9.17) is 14.0 Å². The summed E-state index contributed by atoms with van der Waals surface area (Å²) >= 11 is 0. The Balaban J connectivity index is 2.96. The standard InChI is InChI=1S/C17H31N2O8P/c1-11(2)27-15(21)12(3)18-28(24,13-8-7-9-19(23)14(13)20)26-10-25-16(22)17(4,5)6/h11-13,23H,7-10H2,1-6H3,(H,18,24). The number of carbonyl (C=O) groups excluding carboxylic acids is 3. The third kappa shape index (κ3) is 6.84. The molecule has 11 heteroatoms. The van der Waals surface area contributed by atoms with E-state index in [9.17, 15) is 24.2 Å². The number of hydroxylamine groups is 2. The molecule has 0 aromatic heterocycles. The summed E-state index contributed by atoms with van der Waals surface area (Å²) in [6.07, 6.45) is 0.197. The quantitative estimate of drug-likeness (QED) is 0.261. The van der Waals surface area contributed by atoms with Gasteiger partial charge in [-0.25, -0.2) is 10.2 Å². The number of hydrogen-bond acceptors (Lipinski definition) is 8. The maximum Gasteiger partial charge on any atom is 0.323 e. The molecule has 162 valence electrons. The third-order valence-corrected chi connectivity index (χ3v) is 6.46. The fourth-order valence-electron chi connectivity index (χ4n) is 2.40. The first-order valence-electron chi connectivity index (χ1n) is 9.18. The number of esters is 2. The van der Waals surface area contributed by atoms with Gasteiger partial charge < -0.3 is 9.47 Å². The van der Waals surface area contributed by atoms with Gasteiger partial charge in [-0.05, 0) is 54.4 Å². The van der Waals surface area contributed by atoms with Crippen molar-refractivity contribution in [3.63, 3.8) is 0 Å². The highest BCUT2D eigenvalue weighted by Gasteiger charge is 2.46. The van der Waals surface area contributed by atoms with Crippen LogP contribution >= 0.6 is 7.52 Å². The van der Waals surface area contributed by atoms with Gasteiger partial charge in [0.15, 0.2) is 6.79 Å². The summed E-state index contributed by atoms with van der Waals surface area (Å²) in [5, 5.41) is 12.7. The molecule has 3 atom stereocenters. The first-order valence-corrected chi connectivity index (χ1v) is 10.9. The summed E-state index contributed by atoms with van der Waals surface area (Å²) in [5.41, 5.74) is -2.01. The average Bonchev–Trinajstić information content (AvgIpc) is 2.55. The number of amides is 1. The summed E-state index contributed by atoms with van der Waals surface area (Å²) < 4.78 is 28.8. The predicted molar refractivity (Wildman–Crippen MR) is 99.5 cm³/mol. The van der Waals surface area contributed by atoms with E-state index in [1.54, 1.807) is 34.6 Å². The minimum absolute atomic E-state index is 0.110. The molecule has 0 aromatic carbocycles. The van der Waals surface area contributed by atoms with Gasteiger partial charge in [-0.3, -0.25) is 28.7 Å². The van der Waals surface area contributed by atoms with E-state index < -0.39 is 49.3 Å². The van der Waals surface area contributed by atoms with Crippen molar-refractivity contribution in [2.45, 2.75) is 72.2 Å². The Hall–Kier alpha value is -1.48. The largest absolute Gasteiger partial charge is 0.462 e. The van der Waals surface area contributed by atoms with Crippen LogP contribution in [-0.4, -0.2) is 59.3 Å². The Labute approximate surface area is 165 Å². The SMILES string of the molecule is CC(C)OC(=O)C(C)NP(=O)(OCOC(=O)C(C)(C)C)C1CCCN(O)C1=O. The summed E-state index contributed by atoms with van der Waals surface area (Å²) in [7, 11) is -4.03. The molecule has 1 heterocycles. The molecule has 0 aliphatic carbocycles. The Bertz CT molecular complexity index is 631. The zero-order valence-corrected chi connectivity index (χ0v) is 18.2. The predicted octanol–water partition coefficient (Wildman–Crippen LogP) is 2.05. The van der Waals surface area contributed by atoms with E-state index in [1.165, 1.54) is 6.92 Å². The van der Waals surface area contributed by atoms with E-state index >= 15 is 0 Å². The number of ether oxygens (including phenoxy) is 2. The van der Waals surface area contributed by atoms with Gasteiger partial charge in [-0.1, -0.05) is 0 Å². The second-order valence-electron chi connectivity index (χ2n) is 7.98. The van der Waals surface area contributed by atoms with E-state index in [1.807, 2.05) is 0 Å². The second kappa shape index (κ2) is 9.82. The van der Waals surface area contributed by atoms with E-state index in [0.717, 1.165) is 0 Å². The number of carbonyl (C=O) groups is 3. The van der Waals surface area contributed by atoms with Gasteiger partial charge in [0.1, 0.15) is 11.7 Å². The Kier molecular flexibility index (Phi) is 8.62. The molecular formula is C17H31N2O8P. The smallest absolute Gasteiger partial charge is 0.323 e. The minimum atomic E-state index is -4.03. The van der Waals surface area contributed by atoms with Crippen molar-refractivity contribution in [1.82, 2.24) is 10.2 Å². The van der Waals surface area contributed by atoms with Gasteiger partial charge in [0.25, 0.3) is 13.4 Å². The maximum absolute atomic E-state index is 13.5. The zero-order valence-electron chi connectivity index (χ0n) is 17.3. The van der Waals surface area contributed by atoms with Crippen molar-refractivity contribution in [2.24, 2.45) is 5.41 Å². The van der Waals surface area contributed by atoms with Crippen LogP contribution in [0.25, 0.3) is 0 Å². The van der Waals surface area contributed by atoms with Crippen LogP contribution in [0.2, 0.25) is 0 Å². The normalized spacial score (nSPS) is 21.2. The Morgan fingerprint density at radius 1 is 1.32 bits per heavy atom. The van der Waals surface area contributed by atoms with Crippen LogP contribution in [0.4, 0.5) is 0 Å². The highest BCUT2D eigenvalue weighted by atomic mass is 31.2. The summed E-state index contributed by atoms with van der Waals surface area (Å²) in [6.45, 7) is 9.14. The molecule has 0 spiro atoms. The molecule has 0 bridgehead atoms. The lowest BCUT2D eigenvalue weighted by Gasteiger charge is -2.33. The van der Waals surface area contributed by atoms with E-state index in [-0.39, 0.29) is 19.1 Å². The highest BCUT2D eigenvalue weighted by molar-refractivity contribution is 7.58. The molecule has 28 heavy (non-hydrogen) atoms. The van der Waals surface area contributed by atoms with Gasteiger partial charge in [0.05, 0.1) is 11.5 Å². The van der Waals surface area contributed by atoms with Crippen LogP contribution in [0.1, 0.15) is 54.4 Å². The van der Waals surface area contributed by atoms with Crippen LogP contribution in [-0.2, 0) is 32.9 Å². The lowest BCUT2D eigenvalue weighted by molar-refractivity contribution is -0.169. The van der Waals surface area contributed by atoms with Crippen LogP contribution in [0.5, 0.6) is 0 Å². The third-order valence-electron chi connectivity index (χ3n) is 3.92. The van der Waals surface area contributed by atoms with Crippen molar-refractivity contribution in [3.05, 3.63) is 0 Å². The van der Waals surface area contributed by atoms with Crippen LogP contribution in [0, 0.1) is 5.41 Å². The van der Waals surface area contributed by atoms with E-state index in [0.29, 0.717) is 11.5 Å². The van der Waals surface area contributed by atoms with Gasteiger partial charge in [0.2, 0.25) is 0 Å². The molecule has 0 saturated carbocycles. The molecule has 1 fully saturated rings. The molecule has 3 unspecified atom stereocenters. The van der Waals surface area contributed by atoms with Crippen LogP contribution in [0.3, 0.4) is 0 Å². The van der Waals surface area contributed by atoms with Gasteiger partial charge in [0, 0.05) is 6.54 Å². The fourth-order valence-corrected chi connectivity index (χ4v) is 4.64. The molecule has 10 nitrogen and oxygen atoms in total. The van der Waals surface area contributed by atoms with Gasteiger partial charge in [-0.2, -0.15) is 0 Å². The fraction of sp³-hybridized carbons (Fsp3) is 0.824. The lowest BCUT2D eigenvalue weighted by Crippen LogP contribution is -2.46. The molecule has 1 saturated heterocycles. The monoisotopic (exact) mass is 422 g/mol. The maximum atomic E-state index is 13.5. The molecule has 1 amide bonds. The van der Waals surface area contributed by atoms with Crippen molar-refractivity contribution in [2.75, 3.05) is 13.3 Å². The summed E-state index contributed by atoms with van der Waals surface area (Å²) in [5.74, 6) is -2.03. The molecule has 2 N–H and O–H groups in total. The number of nitrogens with one attached hydrogen (secondary N) is 1. The van der Waals surface area contributed by atoms with Crippen molar-refractivity contribution >= 4 is 25.4 Å². The van der Waals surface area contributed by atoms with Crippen LogP contribution in [0.15, 0.2) is 0 Å². The Morgan fingerprint density at radius 2 is 1.93 bits per heavy atom. The van der Waals surface area contributed by atoms with Crippen molar-refractivity contribution in [3.8, 4) is 0 Å². The number of hydrogen-bond donors (Lipinski definition) is 2. The van der Waals surface area contributed by atoms with Gasteiger partial charge >= 0.3 is 11.9 Å². The van der Waals surface area contributed by atoms with Crippen LogP contribution < -0.4 is 5.09 Å². The first-order chi connectivity index (χ1) is 12.8. The second-order valence-corrected chi connectivity index (χ2v) is 10.3. The van der Waals surface area contributed by atoms with Crippen molar-refractivity contribution in [1.29, 1.82) is 0 Å². The molecular weight excluding hydrogens is 391 g/mol. The lowest BCUT2D eigenvalue weighted by atomic mass is 9.98. The number of piperidine rings is 1.